The number of hydrogen-bond acceptors (Lipinski definition) is 8. The van der Waals surface area contributed by atoms with Gasteiger partial charge in [0.1, 0.15) is 17.2 Å². The van der Waals surface area contributed by atoms with Crippen molar-refractivity contribution in [1.82, 2.24) is 20.2 Å². The molecule has 0 atom stereocenters. The molecule has 0 radical (unpaired) electrons. The van der Waals surface area contributed by atoms with E-state index in [1.54, 1.807) is 27.5 Å². The van der Waals surface area contributed by atoms with Gasteiger partial charge in [-0.1, -0.05) is 23.9 Å². The second kappa shape index (κ2) is 11.9. The van der Waals surface area contributed by atoms with Crippen molar-refractivity contribution in [2.45, 2.75) is 5.16 Å². The van der Waals surface area contributed by atoms with Crippen LogP contribution in [0.15, 0.2) is 83.1 Å². The molecule has 0 unspecified atom stereocenters. The van der Waals surface area contributed by atoms with Crippen LogP contribution < -0.4 is 19.6 Å². The molecule has 36 heavy (non-hydrogen) atoms. The fourth-order valence-corrected chi connectivity index (χ4v) is 4.06. The molecule has 1 amide bonds. The van der Waals surface area contributed by atoms with E-state index >= 15 is 0 Å². The van der Waals surface area contributed by atoms with Crippen LogP contribution in [0.4, 0.5) is 0 Å². The Kier molecular flexibility index (Phi) is 8.20. The summed E-state index contributed by atoms with van der Waals surface area (Å²) in [6, 6.07) is 22.5. The summed E-state index contributed by atoms with van der Waals surface area (Å²) >= 11 is 1.26. The minimum atomic E-state index is -0.269. The highest BCUT2D eigenvalue weighted by molar-refractivity contribution is 7.99. The summed E-state index contributed by atoms with van der Waals surface area (Å²) in [5.41, 5.74) is 5.05. The highest BCUT2D eigenvalue weighted by Crippen LogP contribution is 2.29. The first-order valence-electron chi connectivity index (χ1n) is 10.9. The summed E-state index contributed by atoms with van der Waals surface area (Å²) in [5, 5.41) is 13.4. The van der Waals surface area contributed by atoms with Gasteiger partial charge in [0.15, 0.2) is 11.0 Å². The predicted octanol–water partition coefficient (Wildman–Crippen LogP) is 4.20. The fourth-order valence-electron chi connectivity index (χ4n) is 3.32. The molecule has 0 saturated heterocycles. The number of hydrogen-bond donors (Lipinski definition) is 1. The lowest BCUT2D eigenvalue weighted by molar-refractivity contribution is -0.118. The minimum absolute atomic E-state index is 0.104. The second-order valence-corrected chi connectivity index (χ2v) is 8.37. The van der Waals surface area contributed by atoms with Gasteiger partial charge < -0.3 is 14.2 Å². The smallest absolute Gasteiger partial charge is 0.250 e. The molecule has 3 aromatic carbocycles. The summed E-state index contributed by atoms with van der Waals surface area (Å²) in [6.07, 6.45) is 1.56. The summed E-state index contributed by atoms with van der Waals surface area (Å²) in [5.74, 6) is 2.67. The van der Waals surface area contributed by atoms with Crippen LogP contribution in [0.1, 0.15) is 5.56 Å². The molecule has 0 bridgehead atoms. The van der Waals surface area contributed by atoms with Gasteiger partial charge in [0.25, 0.3) is 5.91 Å². The largest absolute Gasteiger partial charge is 0.497 e. The number of nitrogens with zero attached hydrogens (tertiary/aromatic N) is 4. The van der Waals surface area contributed by atoms with E-state index in [0.29, 0.717) is 16.7 Å². The standard InChI is InChI=1S/C26H25N5O4S/c1-33-21-11-7-19(8-12-21)25-29-30-26(31(25)20-9-13-22(34-2)14-10-20)36-17-24(32)28-27-16-18-5-4-6-23(15-18)35-3/h4-16H,17H2,1-3H3,(H,28,32)/b27-16+. The predicted molar refractivity (Wildman–Crippen MR) is 139 cm³/mol. The fraction of sp³-hybridized carbons (Fsp3) is 0.154. The van der Waals surface area contributed by atoms with Gasteiger partial charge in [0.2, 0.25) is 0 Å². The van der Waals surface area contributed by atoms with Crippen LogP contribution in [-0.2, 0) is 4.79 Å². The average molecular weight is 504 g/mol. The van der Waals surface area contributed by atoms with Crippen molar-refractivity contribution >= 4 is 23.9 Å². The second-order valence-electron chi connectivity index (χ2n) is 7.43. The number of ether oxygens (including phenoxy) is 3. The van der Waals surface area contributed by atoms with E-state index in [4.69, 9.17) is 14.2 Å². The molecule has 1 aromatic heterocycles. The first-order chi connectivity index (χ1) is 17.6. The van der Waals surface area contributed by atoms with Gasteiger partial charge >= 0.3 is 0 Å². The molecular formula is C26H25N5O4S. The summed E-state index contributed by atoms with van der Waals surface area (Å²) < 4.78 is 17.6. The van der Waals surface area contributed by atoms with Crippen molar-refractivity contribution < 1.29 is 19.0 Å². The van der Waals surface area contributed by atoms with E-state index in [9.17, 15) is 4.79 Å². The number of carbonyl (C=O) groups is 1. The van der Waals surface area contributed by atoms with E-state index < -0.39 is 0 Å². The molecule has 0 saturated carbocycles. The Balaban J connectivity index is 1.51. The average Bonchev–Trinajstić information content (AvgIpc) is 3.36. The van der Waals surface area contributed by atoms with Gasteiger partial charge in [0.05, 0.1) is 33.3 Å². The van der Waals surface area contributed by atoms with Gasteiger partial charge in [-0.3, -0.25) is 9.36 Å². The maximum Gasteiger partial charge on any atom is 0.250 e. The van der Waals surface area contributed by atoms with Crippen LogP contribution >= 0.6 is 11.8 Å². The number of thioether (sulfide) groups is 1. The summed E-state index contributed by atoms with van der Waals surface area (Å²) in [6.45, 7) is 0. The third-order valence-corrected chi connectivity index (χ3v) is 6.07. The minimum Gasteiger partial charge on any atom is -0.497 e. The zero-order chi connectivity index (χ0) is 25.3. The summed E-state index contributed by atoms with van der Waals surface area (Å²) in [7, 11) is 4.84. The zero-order valence-electron chi connectivity index (χ0n) is 20.0. The van der Waals surface area contributed by atoms with E-state index in [1.807, 2.05) is 77.4 Å². The van der Waals surface area contributed by atoms with Crippen molar-refractivity contribution in [2.24, 2.45) is 5.10 Å². The van der Waals surface area contributed by atoms with Crippen molar-refractivity contribution in [2.75, 3.05) is 27.1 Å². The van der Waals surface area contributed by atoms with Crippen LogP contribution in [0.2, 0.25) is 0 Å². The van der Waals surface area contributed by atoms with Crippen molar-refractivity contribution in [1.29, 1.82) is 0 Å². The molecule has 10 heteroatoms. The number of benzene rings is 3. The number of methoxy groups -OCH3 is 3. The number of hydrazone groups is 1. The maximum atomic E-state index is 12.5. The van der Waals surface area contributed by atoms with Crippen molar-refractivity contribution in [3.05, 3.63) is 78.4 Å². The normalized spacial score (nSPS) is 10.9. The lowest BCUT2D eigenvalue weighted by atomic mass is 10.2. The highest BCUT2D eigenvalue weighted by Gasteiger charge is 2.17. The molecule has 4 rings (SSSR count). The van der Waals surface area contributed by atoms with E-state index in [2.05, 4.69) is 20.7 Å². The molecule has 184 valence electrons. The van der Waals surface area contributed by atoms with Gasteiger partial charge in [0, 0.05) is 11.3 Å². The number of aromatic nitrogens is 3. The van der Waals surface area contributed by atoms with E-state index in [1.165, 1.54) is 11.8 Å². The Labute approximate surface area is 213 Å². The molecular weight excluding hydrogens is 478 g/mol. The van der Waals surface area contributed by atoms with Crippen molar-refractivity contribution in [3.63, 3.8) is 0 Å². The Bertz CT molecular complexity index is 1340. The SMILES string of the molecule is COc1ccc(-c2nnc(SCC(=O)N/N=C/c3cccc(OC)c3)n2-c2ccc(OC)cc2)cc1. The first-order valence-corrected chi connectivity index (χ1v) is 11.9. The monoisotopic (exact) mass is 503 g/mol. The van der Waals surface area contributed by atoms with Crippen LogP contribution in [0.3, 0.4) is 0 Å². The third-order valence-electron chi connectivity index (χ3n) is 5.14. The topological polar surface area (TPSA) is 99.9 Å². The van der Waals surface area contributed by atoms with Gasteiger partial charge in [-0.15, -0.1) is 10.2 Å². The zero-order valence-corrected chi connectivity index (χ0v) is 20.9. The Morgan fingerprint density at radius 1 is 0.917 bits per heavy atom. The molecule has 0 aliphatic rings. The lowest BCUT2D eigenvalue weighted by Crippen LogP contribution is -2.20. The summed E-state index contributed by atoms with van der Waals surface area (Å²) in [4.78, 5) is 12.5. The number of amides is 1. The maximum absolute atomic E-state index is 12.5. The Morgan fingerprint density at radius 3 is 2.25 bits per heavy atom. The lowest BCUT2D eigenvalue weighted by Gasteiger charge is -2.11. The molecule has 0 aliphatic heterocycles. The quantitative estimate of drug-likeness (QED) is 0.197. The number of rotatable bonds is 10. The molecule has 1 N–H and O–H groups in total. The van der Waals surface area contributed by atoms with Gasteiger partial charge in [-0.2, -0.15) is 5.10 Å². The third kappa shape index (κ3) is 6.02. The number of nitrogens with one attached hydrogen (secondary N) is 1. The van der Waals surface area contributed by atoms with Crippen LogP contribution in [0.5, 0.6) is 17.2 Å². The Morgan fingerprint density at radius 2 is 1.58 bits per heavy atom. The molecule has 1 heterocycles. The van der Waals surface area contributed by atoms with Crippen LogP contribution in [-0.4, -0.2) is 54.0 Å². The highest BCUT2D eigenvalue weighted by atomic mass is 32.2. The van der Waals surface area contributed by atoms with Gasteiger partial charge in [-0.25, -0.2) is 5.43 Å². The van der Waals surface area contributed by atoms with Crippen molar-refractivity contribution in [3.8, 4) is 34.3 Å². The molecule has 4 aromatic rings. The molecule has 9 nitrogen and oxygen atoms in total. The number of carbonyl (C=O) groups excluding carboxylic acids is 1. The molecule has 0 fully saturated rings. The first kappa shape index (κ1) is 24.8. The molecule has 0 aliphatic carbocycles. The van der Waals surface area contributed by atoms with Gasteiger partial charge in [-0.05, 0) is 66.2 Å². The van der Waals surface area contributed by atoms with Crippen LogP contribution in [0, 0.1) is 0 Å². The van der Waals surface area contributed by atoms with E-state index in [-0.39, 0.29) is 11.7 Å². The Hall–Kier alpha value is -4.31. The van der Waals surface area contributed by atoms with Crippen LogP contribution in [0.25, 0.3) is 17.1 Å². The molecule has 0 spiro atoms. The van der Waals surface area contributed by atoms with E-state index in [0.717, 1.165) is 28.3 Å².